The van der Waals surface area contributed by atoms with Crippen LogP contribution in [0.3, 0.4) is 0 Å². The molecular formula is C13H10N4O4. The highest BCUT2D eigenvalue weighted by Crippen LogP contribution is 2.24. The smallest absolute Gasteiger partial charge is 0.332 e. The van der Waals surface area contributed by atoms with Gasteiger partial charge in [0.2, 0.25) is 0 Å². The number of hydrogen-bond donors (Lipinski definition) is 0. The largest absolute Gasteiger partial charge is 0.461 e. The van der Waals surface area contributed by atoms with Crippen molar-refractivity contribution in [3.8, 4) is 11.5 Å². The maximum Gasteiger partial charge on any atom is 0.332 e. The Kier molecular flexibility index (Phi) is 2.10. The molecule has 0 aliphatic carbocycles. The van der Waals surface area contributed by atoms with E-state index in [1.54, 1.807) is 25.4 Å². The molecule has 106 valence electrons. The molecule has 4 aromatic heterocycles. The zero-order chi connectivity index (χ0) is 14.7. The lowest BCUT2D eigenvalue weighted by molar-refractivity contribution is 0.537. The number of rotatable bonds is 1. The second kappa shape index (κ2) is 3.75. The first-order valence-corrected chi connectivity index (χ1v) is 6.19. The van der Waals surface area contributed by atoms with Crippen LogP contribution in [-0.4, -0.2) is 18.5 Å². The van der Waals surface area contributed by atoms with Crippen LogP contribution in [0.15, 0.2) is 43.0 Å². The minimum atomic E-state index is -0.431. The van der Waals surface area contributed by atoms with Gasteiger partial charge < -0.3 is 8.83 Å². The SMILES string of the molecule is Cn1c(=O)c2c(nc3oc(-c4ccco4)cn32)n(C)c1=O. The molecule has 0 atom stereocenters. The van der Waals surface area contributed by atoms with Crippen molar-refractivity contribution in [3.63, 3.8) is 0 Å². The summed E-state index contributed by atoms with van der Waals surface area (Å²) in [6.45, 7) is 0. The third-order valence-corrected chi connectivity index (χ3v) is 3.47. The minimum absolute atomic E-state index is 0.231. The van der Waals surface area contributed by atoms with E-state index in [0.29, 0.717) is 11.5 Å². The van der Waals surface area contributed by atoms with E-state index in [1.165, 1.54) is 22.3 Å². The number of hydrogen-bond acceptors (Lipinski definition) is 5. The molecule has 8 heteroatoms. The molecule has 21 heavy (non-hydrogen) atoms. The van der Waals surface area contributed by atoms with Gasteiger partial charge in [0, 0.05) is 14.1 Å². The van der Waals surface area contributed by atoms with Gasteiger partial charge in [0.1, 0.15) is 0 Å². The van der Waals surface area contributed by atoms with Gasteiger partial charge in [-0.1, -0.05) is 0 Å². The zero-order valence-corrected chi connectivity index (χ0v) is 11.2. The first-order chi connectivity index (χ1) is 10.1. The van der Waals surface area contributed by atoms with Crippen LogP contribution >= 0.6 is 0 Å². The van der Waals surface area contributed by atoms with Crippen molar-refractivity contribution in [2.75, 3.05) is 0 Å². The number of aromatic nitrogens is 4. The monoisotopic (exact) mass is 286 g/mol. The Hall–Kier alpha value is -3.03. The summed E-state index contributed by atoms with van der Waals surface area (Å²) in [7, 11) is 2.99. The van der Waals surface area contributed by atoms with Crippen LogP contribution in [-0.2, 0) is 14.1 Å². The highest BCUT2D eigenvalue weighted by atomic mass is 16.4. The van der Waals surface area contributed by atoms with Crippen molar-refractivity contribution in [1.29, 1.82) is 0 Å². The van der Waals surface area contributed by atoms with Gasteiger partial charge in [-0.15, -0.1) is 0 Å². The van der Waals surface area contributed by atoms with Gasteiger partial charge in [0.15, 0.2) is 22.7 Å². The normalized spacial score (nSPS) is 11.7. The fraction of sp³-hybridized carbons (Fsp3) is 0.154. The summed E-state index contributed by atoms with van der Waals surface area (Å²) in [5, 5.41) is 0. The molecule has 8 nitrogen and oxygen atoms in total. The lowest BCUT2D eigenvalue weighted by Gasteiger charge is -2.01. The molecule has 4 aromatic rings. The number of nitrogens with zero attached hydrogens (tertiary/aromatic N) is 4. The summed E-state index contributed by atoms with van der Waals surface area (Å²) in [4.78, 5) is 28.4. The van der Waals surface area contributed by atoms with Crippen LogP contribution in [0.25, 0.3) is 28.5 Å². The predicted octanol–water partition coefficient (Wildman–Crippen LogP) is 0.738. The maximum atomic E-state index is 12.3. The van der Waals surface area contributed by atoms with Crippen LogP contribution in [0, 0.1) is 0 Å². The van der Waals surface area contributed by atoms with E-state index in [9.17, 15) is 9.59 Å². The molecule has 0 N–H and O–H groups in total. The lowest BCUT2D eigenvalue weighted by Crippen LogP contribution is -2.37. The topological polar surface area (TPSA) is 87.6 Å². The quantitative estimate of drug-likeness (QED) is 0.515. The van der Waals surface area contributed by atoms with Crippen LogP contribution in [0.1, 0.15) is 0 Å². The van der Waals surface area contributed by atoms with Crippen LogP contribution in [0.4, 0.5) is 0 Å². The number of oxazole rings is 1. The standard InChI is InChI=1S/C13H10N4O4/c1-15-10-9(11(18)16(2)13(15)19)17-6-8(21-12(17)14-10)7-4-3-5-20-7/h3-6H,1-2H3. The van der Waals surface area contributed by atoms with Gasteiger partial charge in [-0.2, -0.15) is 4.98 Å². The van der Waals surface area contributed by atoms with E-state index in [0.717, 1.165) is 4.57 Å². The molecular weight excluding hydrogens is 276 g/mol. The van der Waals surface area contributed by atoms with Crippen LogP contribution in [0.5, 0.6) is 0 Å². The Balaban J connectivity index is 2.16. The molecule has 0 amide bonds. The van der Waals surface area contributed by atoms with Crippen LogP contribution < -0.4 is 11.2 Å². The van der Waals surface area contributed by atoms with E-state index in [2.05, 4.69) is 4.98 Å². The van der Waals surface area contributed by atoms with Gasteiger partial charge in [-0.3, -0.25) is 18.3 Å². The minimum Gasteiger partial charge on any atom is -0.461 e. The van der Waals surface area contributed by atoms with Gasteiger partial charge >= 0.3 is 11.5 Å². The summed E-state index contributed by atoms with van der Waals surface area (Å²) in [6, 6.07) is 3.48. The molecule has 0 aromatic carbocycles. The van der Waals surface area contributed by atoms with E-state index in [1.807, 2.05) is 0 Å². The second-order valence-corrected chi connectivity index (χ2v) is 4.72. The third-order valence-electron chi connectivity index (χ3n) is 3.47. The number of fused-ring (bicyclic) bond motifs is 3. The molecule has 0 aliphatic heterocycles. The van der Waals surface area contributed by atoms with Crippen molar-refractivity contribution >= 4 is 17.0 Å². The molecule has 4 heterocycles. The molecule has 0 saturated carbocycles. The molecule has 0 fully saturated rings. The molecule has 0 unspecified atom stereocenters. The lowest BCUT2D eigenvalue weighted by atomic mass is 10.4. The Morgan fingerprint density at radius 3 is 2.67 bits per heavy atom. The maximum absolute atomic E-state index is 12.3. The van der Waals surface area contributed by atoms with Gasteiger partial charge in [0.05, 0.1) is 12.5 Å². The Labute approximate surface area is 116 Å². The van der Waals surface area contributed by atoms with Crippen molar-refractivity contribution < 1.29 is 8.83 Å². The van der Waals surface area contributed by atoms with Gasteiger partial charge in [-0.25, -0.2) is 4.79 Å². The van der Waals surface area contributed by atoms with Gasteiger partial charge in [0.25, 0.3) is 5.56 Å². The first kappa shape index (κ1) is 11.8. The van der Waals surface area contributed by atoms with Gasteiger partial charge in [-0.05, 0) is 12.1 Å². The van der Waals surface area contributed by atoms with Crippen molar-refractivity contribution in [1.82, 2.24) is 18.5 Å². The van der Waals surface area contributed by atoms with E-state index in [-0.39, 0.29) is 17.0 Å². The molecule has 0 saturated heterocycles. The number of imidazole rings is 1. The Morgan fingerprint density at radius 1 is 1.14 bits per heavy atom. The molecule has 0 radical (unpaired) electrons. The average Bonchev–Trinajstić information content (AvgIpc) is 3.16. The fourth-order valence-electron chi connectivity index (χ4n) is 2.36. The summed E-state index contributed by atoms with van der Waals surface area (Å²) in [5.41, 5.74) is -0.282. The zero-order valence-electron chi connectivity index (χ0n) is 11.2. The first-order valence-electron chi connectivity index (χ1n) is 6.19. The molecule has 4 rings (SSSR count). The summed E-state index contributed by atoms with van der Waals surface area (Å²) >= 11 is 0. The molecule has 0 spiro atoms. The van der Waals surface area contributed by atoms with E-state index in [4.69, 9.17) is 8.83 Å². The van der Waals surface area contributed by atoms with E-state index < -0.39 is 11.2 Å². The molecule has 0 bridgehead atoms. The number of furan rings is 1. The highest BCUT2D eigenvalue weighted by molar-refractivity contribution is 5.75. The summed E-state index contributed by atoms with van der Waals surface area (Å²) < 4.78 is 14.7. The summed E-state index contributed by atoms with van der Waals surface area (Å²) in [6.07, 6.45) is 3.15. The van der Waals surface area contributed by atoms with Crippen molar-refractivity contribution in [2.45, 2.75) is 0 Å². The number of aryl methyl sites for hydroxylation is 1. The highest BCUT2D eigenvalue weighted by Gasteiger charge is 2.19. The summed E-state index contributed by atoms with van der Waals surface area (Å²) in [5.74, 6) is 1.23. The average molecular weight is 286 g/mol. The van der Waals surface area contributed by atoms with Crippen molar-refractivity contribution in [2.24, 2.45) is 14.1 Å². The second-order valence-electron chi connectivity index (χ2n) is 4.72. The van der Waals surface area contributed by atoms with E-state index >= 15 is 0 Å². The van der Waals surface area contributed by atoms with Crippen LogP contribution in [0.2, 0.25) is 0 Å². The predicted molar refractivity (Wildman–Crippen MR) is 73.1 cm³/mol. The van der Waals surface area contributed by atoms with Crippen molar-refractivity contribution in [3.05, 3.63) is 45.4 Å². The molecule has 0 aliphatic rings. The Morgan fingerprint density at radius 2 is 1.95 bits per heavy atom. The fourth-order valence-corrected chi connectivity index (χ4v) is 2.36. The Bertz CT molecular complexity index is 1090. The third kappa shape index (κ3) is 1.41.